The van der Waals surface area contributed by atoms with E-state index in [4.69, 9.17) is 9.72 Å². The van der Waals surface area contributed by atoms with Gasteiger partial charge < -0.3 is 9.64 Å². The van der Waals surface area contributed by atoms with Crippen LogP contribution in [-0.2, 0) is 22.6 Å². The van der Waals surface area contributed by atoms with Crippen LogP contribution in [0.1, 0.15) is 41.1 Å². The molecule has 166 valence electrons. The highest BCUT2D eigenvalue weighted by atomic mass is 16.5. The highest BCUT2D eigenvalue weighted by molar-refractivity contribution is 5.88. The highest BCUT2D eigenvalue weighted by Crippen LogP contribution is 2.73. The minimum atomic E-state index is -0.637. The van der Waals surface area contributed by atoms with E-state index >= 15 is 0 Å². The number of fused-ring (bicyclic) bond motifs is 1. The van der Waals surface area contributed by atoms with Crippen molar-refractivity contribution in [3.63, 3.8) is 0 Å². The van der Waals surface area contributed by atoms with Gasteiger partial charge in [0, 0.05) is 32.3 Å². The summed E-state index contributed by atoms with van der Waals surface area (Å²) in [6.07, 6.45) is 7.84. The van der Waals surface area contributed by atoms with Crippen LogP contribution in [0, 0.1) is 11.3 Å². The SMILES string of the molecule is CO[C@@]12C=Cc3cccnc3[C@@H]1C1CC2(C(=O)N(Cc2ccccc2)Cc2ccccc2)C1. The standard InChI is InChI=1S/C29H28N2O2/c1-33-29-15-14-23-13-8-16-30-26(23)25(29)24-17-28(29,18-24)27(32)31(19-21-9-4-2-5-10-21)20-22-11-6-3-7-12-22/h2-16,24-25H,17-20H2,1H3/t24?,25-,28?,29-/m0/s1. The number of pyridine rings is 1. The number of carbonyl (C=O) groups excluding carboxylic acids is 1. The molecule has 3 aromatic rings. The molecule has 7 rings (SSSR count). The van der Waals surface area contributed by atoms with Crippen LogP contribution < -0.4 is 0 Å². The molecule has 3 fully saturated rings. The third-order valence-electron chi connectivity index (χ3n) is 8.05. The topological polar surface area (TPSA) is 42.4 Å². The van der Waals surface area contributed by atoms with Crippen molar-refractivity contribution < 1.29 is 9.53 Å². The second-order valence-electron chi connectivity index (χ2n) is 9.67. The number of nitrogens with zero attached hydrogens (tertiary/aromatic N) is 2. The Bertz CT molecular complexity index is 1160. The maximum atomic E-state index is 14.4. The molecule has 1 amide bonds. The van der Waals surface area contributed by atoms with Crippen molar-refractivity contribution >= 4 is 12.0 Å². The average molecular weight is 437 g/mol. The third-order valence-corrected chi connectivity index (χ3v) is 8.05. The Balaban J connectivity index is 1.39. The minimum Gasteiger partial charge on any atom is -0.372 e. The first-order chi connectivity index (χ1) is 16.2. The maximum Gasteiger partial charge on any atom is 0.232 e. The van der Waals surface area contributed by atoms with E-state index in [0.717, 1.165) is 35.2 Å². The third kappa shape index (κ3) is 2.94. The first-order valence-electron chi connectivity index (χ1n) is 11.7. The van der Waals surface area contributed by atoms with Gasteiger partial charge in [0.2, 0.25) is 5.91 Å². The number of rotatable bonds is 6. The minimum absolute atomic E-state index is 0.128. The molecule has 1 aromatic heterocycles. The summed E-state index contributed by atoms with van der Waals surface area (Å²) in [7, 11) is 1.76. The van der Waals surface area contributed by atoms with Crippen LogP contribution in [0.4, 0.5) is 0 Å². The van der Waals surface area contributed by atoms with Crippen LogP contribution in [0.2, 0.25) is 0 Å². The maximum absolute atomic E-state index is 14.4. The first kappa shape index (κ1) is 20.4. The Morgan fingerprint density at radius 3 is 2.21 bits per heavy atom. The van der Waals surface area contributed by atoms with Crippen molar-refractivity contribution in [2.45, 2.75) is 37.5 Å². The van der Waals surface area contributed by atoms with Crippen molar-refractivity contribution in [2.24, 2.45) is 11.3 Å². The van der Waals surface area contributed by atoms with Gasteiger partial charge in [0.15, 0.2) is 0 Å². The molecular weight excluding hydrogens is 408 g/mol. The monoisotopic (exact) mass is 436 g/mol. The summed E-state index contributed by atoms with van der Waals surface area (Å²) in [5.74, 6) is 0.741. The Hall–Kier alpha value is -3.24. The van der Waals surface area contributed by atoms with E-state index < -0.39 is 11.0 Å². The van der Waals surface area contributed by atoms with Gasteiger partial charge in [0.1, 0.15) is 5.60 Å². The quantitative estimate of drug-likeness (QED) is 0.532. The molecule has 0 N–H and O–H groups in total. The number of hydrogen-bond acceptors (Lipinski definition) is 3. The molecular formula is C29H28N2O2. The van der Waals surface area contributed by atoms with E-state index in [1.807, 2.05) is 53.6 Å². The largest absolute Gasteiger partial charge is 0.372 e. The Kier molecular flexibility index (Phi) is 4.73. The predicted molar refractivity (Wildman–Crippen MR) is 128 cm³/mol. The van der Waals surface area contributed by atoms with Gasteiger partial charge in [-0.2, -0.15) is 0 Å². The zero-order valence-electron chi connectivity index (χ0n) is 18.9. The van der Waals surface area contributed by atoms with Gasteiger partial charge in [-0.05, 0) is 41.5 Å². The molecule has 1 heterocycles. The van der Waals surface area contributed by atoms with Crippen molar-refractivity contribution in [3.05, 3.63) is 107 Å². The van der Waals surface area contributed by atoms with Crippen LogP contribution in [0.25, 0.3) is 6.08 Å². The molecule has 4 heteroatoms. The summed E-state index contributed by atoms with van der Waals surface area (Å²) in [6.45, 7) is 1.17. The summed E-state index contributed by atoms with van der Waals surface area (Å²) in [6, 6.07) is 24.6. The second-order valence-corrected chi connectivity index (χ2v) is 9.67. The fourth-order valence-electron chi connectivity index (χ4n) is 6.61. The number of hydrogen-bond donors (Lipinski definition) is 0. The molecule has 2 bridgehead atoms. The van der Waals surface area contributed by atoms with Crippen molar-refractivity contribution in [1.29, 1.82) is 0 Å². The number of carbonyl (C=O) groups is 1. The van der Waals surface area contributed by atoms with Crippen LogP contribution in [0.15, 0.2) is 85.1 Å². The molecule has 2 atom stereocenters. The van der Waals surface area contributed by atoms with Crippen LogP contribution in [0.5, 0.6) is 0 Å². The Morgan fingerprint density at radius 2 is 1.61 bits per heavy atom. The smallest absolute Gasteiger partial charge is 0.232 e. The zero-order valence-corrected chi connectivity index (χ0v) is 18.9. The molecule has 3 saturated carbocycles. The lowest BCUT2D eigenvalue weighted by Gasteiger charge is -2.47. The van der Waals surface area contributed by atoms with Gasteiger partial charge in [-0.25, -0.2) is 0 Å². The lowest BCUT2D eigenvalue weighted by molar-refractivity contribution is -0.162. The predicted octanol–water partition coefficient (Wildman–Crippen LogP) is 5.22. The molecule has 2 aromatic carbocycles. The van der Waals surface area contributed by atoms with Gasteiger partial charge in [0.25, 0.3) is 0 Å². The number of methoxy groups -OCH3 is 1. The van der Waals surface area contributed by atoms with Crippen LogP contribution in [-0.4, -0.2) is 28.5 Å². The van der Waals surface area contributed by atoms with Crippen molar-refractivity contribution in [3.8, 4) is 0 Å². The van der Waals surface area contributed by atoms with Gasteiger partial charge in [0.05, 0.1) is 11.1 Å². The molecule has 0 spiro atoms. The number of ether oxygens (including phenoxy) is 1. The normalized spacial score (nSPS) is 28.5. The Labute approximate surface area is 194 Å². The van der Waals surface area contributed by atoms with E-state index in [-0.39, 0.29) is 11.8 Å². The molecule has 4 aliphatic carbocycles. The first-order valence-corrected chi connectivity index (χ1v) is 11.7. The van der Waals surface area contributed by atoms with Crippen molar-refractivity contribution in [1.82, 2.24) is 9.88 Å². The molecule has 4 nitrogen and oxygen atoms in total. The summed E-state index contributed by atoms with van der Waals surface area (Å²) in [5.41, 5.74) is 3.32. The molecule has 33 heavy (non-hydrogen) atoms. The van der Waals surface area contributed by atoms with Crippen molar-refractivity contribution in [2.75, 3.05) is 7.11 Å². The van der Waals surface area contributed by atoms with Gasteiger partial charge in [-0.15, -0.1) is 0 Å². The van der Waals surface area contributed by atoms with E-state index in [1.165, 1.54) is 0 Å². The molecule has 0 unspecified atom stereocenters. The fraction of sp³-hybridized carbons (Fsp3) is 0.310. The summed E-state index contributed by atoms with van der Waals surface area (Å²) < 4.78 is 6.31. The molecule has 0 saturated heterocycles. The van der Waals surface area contributed by atoms with E-state index in [2.05, 4.69) is 42.5 Å². The van der Waals surface area contributed by atoms with E-state index in [0.29, 0.717) is 19.0 Å². The van der Waals surface area contributed by atoms with E-state index in [1.54, 1.807) is 7.11 Å². The summed E-state index contributed by atoms with van der Waals surface area (Å²) >= 11 is 0. The molecule has 0 radical (unpaired) electrons. The number of aromatic nitrogens is 1. The van der Waals surface area contributed by atoms with E-state index in [9.17, 15) is 4.79 Å². The van der Waals surface area contributed by atoms with Gasteiger partial charge in [-0.1, -0.05) is 78.9 Å². The van der Waals surface area contributed by atoms with Gasteiger partial charge >= 0.3 is 0 Å². The Morgan fingerprint density at radius 1 is 0.970 bits per heavy atom. The fourth-order valence-corrected chi connectivity index (χ4v) is 6.61. The molecule has 4 aliphatic rings. The highest BCUT2D eigenvalue weighted by Gasteiger charge is 2.76. The van der Waals surface area contributed by atoms with Gasteiger partial charge in [-0.3, -0.25) is 9.78 Å². The summed E-state index contributed by atoms with van der Waals surface area (Å²) in [4.78, 5) is 21.2. The zero-order chi connectivity index (χ0) is 22.5. The number of amides is 1. The van der Waals surface area contributed by atoms with Crippen LogP contribution >= 0.6 is 0 Å². The lowest BCUT2D eigenvalue weighted by Crippen LogP contribution is -2.57. The number of benzene rings is 2. The molecule has 0 aliphatic heterocycles. The lowest BCUT2D eigenvalue weighted by atomic mass is 9.63. The van der Waals surface area contributed by atoms with Crippen LogP contribution in [0.3, 0.4) is 0 Å². The summed E-state index contributed by atoms with van der Waals surface area (Å²) in [5, 5.41) is 0. The average Bonchev–Trinajstić information content (AvgIpc) is 3.31. The second kappa shape index (κ2) is 7.67.